The predicted octanol–water partition coefficient (Wildman–Crippen LogP) is 5.89. The fourth-order valence-electron chi connectivity index (χ4n) is 2.92. The Labute approximate surface area is 177 Å². The molecule has 4 heteroatoms. The van der Waals surface area contributed by atoms with Crippen molar-refractivity contribution in [2.24, 2.45) is 0 Å². The van der Waals surface area contributed by atoms with Crippen molar-refractivity contribution in [2.75, 3.05) is 10.6 Å². The van der Waals surface area contributed by atoms with E-state index in [-0.39, 0.29) is 17.2 Å². The second-order valence-electron chi connectivity index (χ2n) is 8.10. The summed E-state index contributed by atoms with van der Waals surface area (Å²) in [5, 5.41) is 5.69. The summed E-state index contributed by atoms with van der Waals surface area (Å²) in [6, 6.07) is 24.3. The molecule has 0 aromatic heterocycles. The number of benzene rings is 3. The summed E-state index contributed by atoms with van der Waals surface area (Å²) in [6.07, 6.45) is 3.24. The normalized spacial score (nSPS) is 11.3. The Kier molecular flexibility index (Phi) is 6.48. The van der Waals surface area contributed by atoms with E-state index in [1.54, 1.807) is 30.3 Å². The van der Waals surface area contributed by atoms with Crippen molar-refractivity contribution in [1.29, 1.82) is 0 Å². The Balaban J connectivity index is 1.63. The van der Waals surface area contributed by atoms with Crippen molar-refractivity contribution in [3.63, 3.8) is 0 Å². The highest BCUT2D eigenvalue weighted by Gasteiger charge is 2.14. The topological polar surface area (TPSA) is 58.2 Å². The number of amides is 2. The maximum absolute atomic E-state index is 12.6. The van der Waals surface area contributed by atoms with Crippen molar-refractivity contribution in [2.45, 2.75) is 26.2 Å². The molecule has 0 radical (unpaired) electrons. The average Bonchev–Trinajstić information content (AvgIpc) is 2.73. The van der Waals surface area contributed by atoms with Gasteiger partial charge in [0.05, 0.1) is 0 Å². The molecule has 2 amide bonds. The van der Waals surface area contributed by atoms with Gasteiger partial charge in [-0.3, -0.25) is 9.59 Å². The van der Waals surface area contributed by atoms with Crippen LogP contribution in [0.3, 0.4) is 0 Å². The van der Waals surface area contributed by atoms with E-state index in [9.17, 15) is 9.59 Å². The van der Waals surface area contributed by atoms with Crippen LogP contribution in [-0.4, -0.2) is 11.8 Å². The summed E-state index contributed by atoms with van der Waals surface area (Å²) in [5.74, 6) is -0.428. The average molecular weight is 399 g/mol. The number of nitrogens with one attached hydrogen (secondary N) is 2. The number of hydrogen-bond acceptors (Lipinski definition) is 2. The first-order chi connectivity index (χ1) is 14.3. The lowest BCUT2D eigenvalue weighted by Crippen LogP contribution is -2.14. The van der Waals surface area contributed by atoms with Crippen LogP contribution < -0.4 is 10.6 Å². The van der Waals surface area contributed by atoms with Gasteiger partial charge < -0.3 is 10.6 Å². The lowest BCUT2D eigenvalue weighted by molar-refractivity contribution is -0.111. The number of carbonyl (C=O) groups excluding carboxylic acids is 2. The molecular weight excluding hydrogens is 372 g/mol. The lowest BCUT2D eigenvalue weighted by Gasteiger charge is -2.19. The Morgan fingerprint density at radius 3 is 2.03 bits per heavy atom. The zero-order chi connectivity index (χ0) is 21.6. The number of hydrogen-bond donors (Lipinski definition) is 2. The Morgan fingerprint density at radius 2 is 1.40 bits per heavy atom. The van der Waals surface area contributed by atoms with Crippen molar-refractivity contribution >= 4 is 29.3 Å². The van der Waals surface area contributed by atoms with Gasteiger partial charge in [0.2, 0.25) is 5.91 Å². The molecule has 0 aliphatic rings. The second-order valence-corrected chi connectivity index (χ2v) is 8.10. The highest BCUT2D eigenvalue weighted by atomic mass is 16.2. The van der Waals surface area contributed by atoms with E-state index < -0.39 is 0 Å². The molecule has 3 rings (SSSR count). The highest BCUT2D eigenvalue weighted by Crippen LogP contribution is 2.23. The van der Waals surface area contributed by atoms with Gasteiger partial charge in [-0.1, -0.05) is 69.3 Å². The van der Waals surface area contributed by atoms with Crippen LogP contribution in [-0.2, 0) is 10.2 Å². The Bertz CT molecular complexity index is 1050. The van der Waals surface area contributed by atoms with Crippen molar-refractivity contribution in [3.8, 4) is 0 Å². The third kappa shape index (κ3) is 5.92. The van der Waals surface area contributed by atoms with Gasteiger partial charge >= 0.3 is 0 Å². The zero-order valence-electron chi connectivity index (χ0n) is 17.5. The molecule has 0 unspecified atom stereocenters. The van der Waals surface area contributed by atoms with Crippen LogP contribution in [0, 0.1) is 0 Å². The fraction of sp³-hybridized carbons (Fsp3) is 0.154. The summed E-state index contributed by atoms with van der Waals surface area (Å²) in [5.41, 5.74) is 3.97. The van der Waals surface area contributed by atoms with E-state index in [0.29, 0.717) is 16.9 Å². The number of rotatable bonds is 5. The molecule has 152 valence electrons. The molecule has 0 saturated carbocycles. The van der Waals surface area contributed by atoms with Crippen LogP contribution in [0.1, 0.15) is 42.3 Å². The molecule has 0 spiro atoms. The highest BCUT2D eigenvalue weighted by molar-refractivity contribution is 6.05. The van der Waals surface area contributed by atoms with E-state index in [0.717, 1.165) is 5.56 Å². The van der Waals surface area contributed by atoms with Crippen molar-refractivity contribution < 1.29 is 9.59 Å². The monoisotopic (exact) mass is 398 g/mol. The molecular formula is C26H26N2O2. The molecule has 0 fully saturated rings. The van der Waals surface area contributed by atoms with Gasteiger partial charge in [-0.2, -0.15) is 0 Å². The first kappa shape index (κ1) is 21.1. The predicted molar refractivity (Wildman–Crippen MR) is 124 cm³/mol. The molecule has 30 heavy (non-hydrogen) atoms. The first-order valence-corrected chi connectivity index (χ1v) is 9.87. The standard InChI is InChI=1S/C26H26N2O2/c1-26(2,3)21-15-13-20(14-16-21)25(30)28-23-11-7-10-22(18-23)27-24(29)17-12-19-8-5-4-6-9-19/h4-18H,1-3H3,(H,27,29)(H,28,30)/b17-12+. The molecule has 0 atom stereocenters. The van der Waals surface area contributed by atoms with E-state index in [2.05, 4.69) is 31.4 Å². The van der Waals surface area contributed by atoms with E-state index >= 15 is 0 Å². The summed E-state index contributed by atoms with van der Waals surface area (Å²) in [7, 11) is 0. The number of carbonyl (C=O) groups is 2. The van der Waals surface area contributed by atoms with E-state index in [1.165, 1.54) is 11.6 Å². The summed E-state index contributed by atoms with van der Waals surface area (Å²) in [6.45, 7) is 6.41. The molecule has 0 heterocycles. The fourth-order valence-corrected chi connectivity index (χ4v) is 2.92. The van der Waals surface area contributed by atoms with Gasteiger partial charge in [0.15, 0.2) is 0 Å². The van der Waals surface area contributed by atoms with Crippen LogP contribution in [0.5, 0.6) is 0 Å². The summed E-state index contributed by atoms with van der Waals surface area (Å²) < 4.78 is 0. The first-order valence-electron chi connectivity index (χ1n) is 9.87. The third-order valence-corrected chi connectivity index (χ3v) is 4.63. The second kappa shape index (κ2) is 9.23. The van der Waals surface area contributed by atoms with Gasteiger partial charge in [0, 0.05) is 23.0 Å². The van der Waals surface area contributed by atoms with E-state index in [1.807, 2.05) is 54.6 Å². The molecule has 0 aliphatic carbocycles. The Morgan fingerprint density at radius 1 is 0.767 bits per heavy atom. The van der Waals surface area contributed by atoms with Crippen molar-refractivity contribution in [3.05, 3.63) is 102 Å². The van der Waals surface area contributed by atoms with Gasteiger partial charge in [0.1, 0.15) is 0 Å². The lowest BCUT2D eigenvalue weighted by atomic mass is 9.87. The largest absolute Gasteiger partial charge is 0.322 e. The Hall–Kier alpha value is -3.66. The zero-order valence-corrected chi connectivity index (χ0v) is 17.5. The van der Waals surface area contributed by atoms with Crippen LogP contribution in [0.15, 0.2) is 84.9 Å². The van der Waals surface area contributed by atoms with Crippen LogP contribution in [0.4, 0.5) is 11.4 Å². The van der Waals surface area contributed by atoms with Crippen LogP contribution in [0.25, 0.3) is 6.08 Å². The van der Waals surface area contributed by atoms with Gasteiger partial charge in [0.25, 0.3) is 5.91 Å². The minimum Gasteiger partial charge on any atom is -0.322 e. The molecule has 2 N–H and O–H groups in total. The SMILES string of the molecule is CC(C)(C)c1ccc(C(=O)Nc2cccc(NC(=O)/C=C/c3ccccc3)c2)cc1. The molecule has 3 aromatic rings. The quantitative estimate of drug-likeness (QED) is 0.527. The molecule has 3 aromatic carbocycles. The van der Waals surface area contributed by atoms with Crippen LogP contribution in [0.2, 0.25) is 0 Å². The minimum atomic E-state index is -0.236. The summed E-state index contributed by atoms with van der Waals surface area (Å²) >= 11 is 0. The molecule has 4 nitrogen and oxygen atoms in total. The summed E-state index contributed by atoms with van der Waals surface area (Å²) in [4.78, 5) is 24.7. The van der Waals surface area contributed by atoms with Gasteiger partial charge in [-0.05, 0) is 52.9 Å². The molecule has 0 saturated heterocycles. The van der Waals surface area contributed by atoms with E-state index in [4.69, 9.17) is 0 Å². The van der Waals surface area contributed by atoms with Crippen molar-refractivity contribution in [1.82, 2.24) is 0 Å². The molecule has 0 bridgehead atoms. The van der Waals surface area contributed by atoms with Gasteiger partial charge in [-0.15, -0.1) is 0 Å². The number of anilines is 2. The third-order valence-electron chi connectivity index (χ3n) is 4.63. The smallest absolute Gasteiger partial charge is 0.255 e. The van der Waals surface area contributed by atoms with Gasteiger partial charge in [-0.25, -0.2) is 0 Å². The molecule has 0 aliphatic heterocycles. The minimum absolute atomic E-state index is 0.0382. The maximum atomic E-state index is 12.6. The maximum Gasteiger partial charge on any atom is 0.255 e. The van der Waals surface area contributed by atoms with Crippen LogP contribution >= 0.6 is 0 Å².